The molecule has 0 unspecified atom stereocenters. The minimum atomic E-state index is 0.151. The van der Waals surface area contributed by atoms with Crippen LogP contribution in [0, 0.1) is 5.41 Å². The summed E-state index contributed by atoms with van der Waals surface area (Å²) in [6.07, 6.45) is 1.75. The summed E-state index contributed by atoms with van der Waals surface area (Å²) in [5, 5.41) is 7.04. The van der Waals surface area contributed by atoms with E-state index in [1.807, 2.05) is 6.92 Å². The Morgan fingerprint density at radius 3 is 2.25 bits per heavy atom. The van der Waals surface area contributed by atoms with Gasteiger partial charge < -0.3 is 15.4 Å². The lowest BCUT2D eigenvalue weighted by atomic mass is 10.4. The van der Waals surface area contributed by atoms with Crippen molar-refractivity contribution in [2.45, 2.75) is 6.92 Å². The second-order valence-electron chi connectivity index (χ2n) is 2.39. The highest BCUT2D eigenvalue weighted by atomic mass is 16.5. The maximum absolute atomic E-state index is 7.04. The van der Waals surface area contributed by atoms with E-state index >= 15 is 0 Å². The summed E-state index contributed by atoms with van der Waals surface area (Å²) in [7, 11) is 0. The van der Waals surface area contributed by atoms with Crippen LogP contribution in [0.25, 0.3) is 0 Å². The molecule has 0 radical (unpaired) electrons. The van der Waals surface area contributed by atoms with E-state index in [2.05, 4.69) is 6.58 Å². The van der Waals surface area contributed by atoms with Crippen LogP contribution in [0.15, 0.2) is 12.7 Å². The fourth-order valence-corrected chi connectivity index (χ4v) is 0.804. The molecular formula is C8H17N3O. The van der Waals surface area contributed by atoms with Crippen LogP contribution in [0.1, 0.15) is 6.92 Å². The van der Waals surface area contributed by atoms with Crippen molar-refractivity contribution in [3.05, 3.63) is 12.7 Å². The van der Waals surface area contributed by atoms with E-state index in [4.69, 9.17) is 15.9 Å². The van der Waals surface area contributed by atoms with E-state index < -0.39 is 0 Å². The Hall–Kier alpha value is -1.03. The van der Waals surface area contributed by atoms with Crippen LogP contribution in [0.2, 0.25) is 0 Å². The van der Waals surface area contributed by atoms with E-state index in [1.165, 1.54) is 0 Å². The summed E-state index contributed by atoms with van der Waals surface area (Å²) < 4.78 is 5.06. The molecule has 0 aliphatic carbocycles. The molecule has 1 aliphatic heterocycles. The summed E-state index contributed by atoms with van der Waals surface area (Å²) in [6, 6.07) is 0. The first-order valence-corrected chi connectivity index (χ1v) is 3.96. The van der Waals surface area contributed by atoms with Crippen LogP contribution >= 0.6 is 0 Å². The maximum atomic E-state index is 7.04. The first-order valence-electron chi connectivity index (χ1n) is 3.96. The van der Waals surface area contributed by atoms with Gasteiger partial charge in [-0.3, -0.25) is 5.41 Å². The highest BCUT2D eigenvalue weighted by molar-refractivity contribution is 5.74. The zero-order chi connectivity index (χ0) is 9.40. The Morgan fingerprint density at radius 2 is 2.00 bits per heavy atom. The molecule has 3 N–H and O–H groups in total. The zero-order valence-electron chi connectivity index (χ0n) is 7.55. The van der Waals surface area contributed by atoms with Gasteiger partial charge in [0.2, 0.25) is 0 Å². The minimum Gasteiger partial charge on any atom is -0.378 e. The third kappa shape index (κ3) is 4.73. The minimum absolute atomic E-state index is 0.151. The largest absolute Gasteiger partial charge is 0.378 e. The SMILES string of the molecule is C=CC.N=C(N)N1CCOCC1. The number of nitrogens with zero attached hydrogens (tertiary/aromatic N) is 1. The van der Waals surface area contributed by atoms with Gasteiger partial charge in [-0.2, -0.15) is 0 Å². The molecule has 0 aromatic rings. The molecule has 1 fully saturated rings. The van der Waals surface area contributed by atoms with Crippen molar-refractivity contribution in [3.63, 3.8) is 0 Å². The molecule has 0 saturated carbocycles. The van der Waals surface area contributed by atoms with Crippen molar-refractivity contribution >= 4 is 5.96 Å². The van der Waals surface area contributed by atoms with Gasteiger partial charge in [0.1, 0.15) is 0 Å². The van der Waals surface area contributed by atoms with Crippen LogP contribution in [0.5, 0.6) is 0 Å². The summed E-state index contributed by atoms with van der Waals surface area (Å²) in [6.45, 7) is 8.16. The highest BCUT2D eigenvalue weighted by Gasteiger charge is 2.09. The number of ether oxygens (including phenoxy) is 1. The molecule has 0 atom stereocenters. The van der Waals surface area contributed by atoms with Gasteiger partial charge in [0.25, 0.3) is 0 Å². The molecule has 1 rings (SSSR count). The number of allylic oxidation sites excluding steroid dienone is 1. The summed E-state index contributed by atoms with van der Waals surface area (Å²) >= 11 is 0. The van der Waals surface area contributed by atoms with Crippen molar-refractivity contribution in [2.24, 2.45) is 5.73 Å². The third-order valence-corrected chi connectivity index (χ3v) is 1.35. The molecule has 1 saturated heterocycles. The zero-order valence-corrected chi connectivity index (χ0v) is 7.55. The number of guanidine groups is 1. The number of morpholine rings is 1. The average Bonchev–Trinajstić information content (AvgIpc) is 2.07. The summed E-state index contributed by atoms with van der Waals surface area (Å²) in [5.41, 5.74) is 5.22. The Balaban J connectivity index is 0.000000354. The number of hydrogen-bond donors (Lipinski definition) is 2. The third-order valence-electron chi connectivity index (χ3n) is 1.35. The quantitative estimate of drug-likeness (QED) is 0.315. The number of nitrogens with one attached hydrogen (secondary N) is 1. The van der Waals surface area contributed by atoms with Gasteiger partial charge in [0, 0.05) is 13.1 Å². The molecule has 70 valence electrons. The van der Waals surface area contributed by atoms with E-state index in [0.717, 1.165) is 13.1 Å². The van der Waals surface area contributed by atoms with Crippen LogP contribution in [0.3, 0.4) is 0 Å². The van der Waals surface area contributed by atoms with Crippen molar-refractivity contribution in [1.82, 2.24) is 4.90 Å². The molecule has 0 spiro atoms. The maximum Gasteiger partial charge on any atom is 0.188 e. The van der Waals surface area contributed by atoms with E-state index in [-0.39, 0.29) is 5.96 Å². The Bertz CT molecular complexity index is 141. The monoisotopic (exact) mass is 171 g/mol. The van der Waals surface area contributed by atoms with Crippen LogP contribution in [0.4, 0.5) is 0 Å². The molecule has 4 nitrogen and oxygen atoms in total. The van der Waals surface area contributed by atoms with Crippen molar-refractivity contribution in [1.29, 1.82) is 5.41 Å². The second kappa shape index (κ2) is 6.67. The predicted molar refractivity (Wildman–Crippen MR) is 50.2 cm³/mol. The second-order valence-corrected chi connectivity index (χ2v) is 2.39. The van der Waals surface area contributed by atoms with Crippen molar-refractivity contribution < 1.29 is 4.74 Å². The van der Waals surface area contributed by atoms with Gasteiger partial charge in [0.05, 0.1) is 13.2 Å². The Kier molecular flexibility index (Phi) is 6.09. The molecule has 12 heavy (non-hydrogen) atoms. The Labute approximate surface area is 73.5 Å². The molecule has 1 aliphatic rings. The molecular weight excluding hydrogens is 154 g/mol. The lowest BCUT2D eigenvalue weighted by Gasteiger charge is -2.26. The van der Waals surface area contributed by atoms with E-state index in [1.54, 1.807) is 11.0 Å². The van der Waals surface area contributed by atoms with E-state index in [9.17, 15) is 0 Å². The summed E-state index contributed by atoms with van der Waals surface area (Å²) in [4.78, 5) is 1.80. The van der Waals surface area contributed by atoms with Crippen LogP contribution in [-0.4, -0.2) is 37.2 Å². The van der Waals surface area contributed by atoms with Gasteiger partial charge >= 0.3 is 0 Å². The van der Waals surface area contributed by atoms with Gasteiger partial charge in [-0.1, -0.05) is 6.08 Å². The van der Waals surface area contributed by atoms with Gasteiger partial charge in [-0.15, -0.1) is 6.58 Å². The molecule has 4 heteroatoms. The lowest BCUT2D eigenvalue weighted by molar-refractivity contribution is 0.0672. The lowest BCUT2D eigenvalue weighted by Crippen LogP contribution is -2.44. The molecule has 0 bridgehead atoms. The van der Waals surface area contributed by atoms with Crippen molar-refractivity contribution in [3.8, 4) is 0 Å². The standard InChI is InChI=1S/C5H11N3O.C3H6/c6-5(7)8-1-3-9-4-2-8;1-3-2/h1-4H2,(H3,6,7);3H,1H2,2H3. The smallest absolute Gasteiger partial charge is 0.188 e. The number of rotatable bonds is 0. The number of nitrogens with two attached hydrogens (primary N) is 1. The molecule has 0 amide bonds. The predicted octanol–water partition coefficient (Wildman–Crippen LogP) is 0.404. The van der Waals surface area contributed by atoms with Gasteiger partial charge in [0.15, 0.2) is 5.96 Å². The van der Waals surface area contributed by atoms with Crippen molar-refractivity contribution in [2.75, 3.05) is 26.3 Å². The fraction of sp³-hybridized carbons (Fsp3) is 0.625. The number of hydrogen-bond acceptors (Lipinski definition) is 2. The molecule has 0 aromatic heterocycles. The highest BCUT2D eigenvalue weighted by Crippen LogP contribution is 1.93. The van der Waals surface area contributed by atoms with Gasteiger partial charge in [-0.05, 0) is 6.92 Å². The average molecular weight is 171 g/mol. The molecule has 0 aromatic carbocycles. The molecule has 1 heterocycles. The Morgan fingerprint density at radius 1 is 1.58 bits per heavy atom. The van der Waals surface area contributed by atoms with Crippen LogP contribution in [-0.2, 0) is 4.74 Å². The fourth-order valence-electron chi connectivity index (χ4n) is 0.804. The first-order chi connectivity index (χ1) is 5.72. The van der Waals surface area contributed by atoms with Gasteiger partial charge in [-0.25, -0.2) is 0 Å². The van der Waals surface area contributed by atoms with Crippen LogP contribution < -0.4 is 5.73 Å². The first kappa shape index (κ1) is 11.0. The topological polar surface area (TPSA) is 62.3 Å². The van der Waals surface area contributed by atoms with E-state index in [0.29, 0.717) is 13.2 Å². The summed E-state index contributed by atoms with van der Waals surface area (Å²) in [5.74, 6) is 0.151. The normalized spacial score (nSPS) is 15.9.